The third kappa shape index (κ3) is 10.5. The Morgan fingerprint density at radius 2 is 1.74 bits per heavy atom. The predicted octanol–water partition coefficient (Wildman–Crippen LogP) is 5.97. The van der Waals surface area contributed by atoms with Crippen LogP contribution in [0.25, 0.3) is 6.08 Å². The molecule has 1 aromatic rings. The van der Waals surface area contributed by atoms with Crippen LogP contribution in [0.2, 0.25) is 25.7 Å². The van der Waals surface area contributed by atoms with Crippen LogP contribution in [0.15, 0.2) is 30.4 Å². The van der Waals surface area contributed by atoms with E-state index in [4.69, 9.17) is 23.7 Å². The van der Waals surface area contributed by atoms with Crippen molar-refractivity contribution in [3.63, 3.8) is 0 Å². The molecule has 2 rings (SSSR count). The lowest BCUT2D eigenvalue weighted by atomic mass is 10.0. The van der Waals surface area contributed by atoms with Crippen LogP contribution in [-0.2, 0) is 14.2 Å². The van der Waals surface area contributed by atoms with E-state index in [1.54, 1.807) is 25.1 Å². The average molecular weight is 551 g/mol. The van der Waals surface area contributed by atoms with E-state index in [2.05, 4.69) is 19.6 Å². The van der Waals surface area contributed by atoms with Crippen molar-refractivity contribution >= 4 is 20.1 Å². The molecule has 1 heterocycles. The summed E-state index contributed by atoms with van der Waals surface area (Å²) < 4.78 is 28.8. The molecule has 8 nitrogen and oxygen atoms in total. The van der Waals surface area contributed by atoms with Crippen molar-refractivity contribution in [3.8, 4) is 11.5 Å². The number of rotatable bonds is 15. The monoisotopic (exact) mass is 550 g/mol. The van der Waals surface area contributed by atoms with Crippen LogP contribution in [0.1, 0.15) is 56.5 Å². The number of benzene rings is 1. The Morgan fingerprint density at radius 3 is 2.29 bits per heavy atom. The number of carboxylic acid groups (broad SMARTS) is 1. The Hall–Kier alpha value is -2.17. The summed E-state index contributed by atoms with van der Waals surface area (Å²) in [5.74, 6) is -1.02. The summed E-state index contributed by atoms with van der Waals surface area (Å²) in [4.78, 5) is 12.2. The summed E-state index contributed by atoms with van der Waals surface area (Å²) >= 11 is 0. The molecule has 4 atom stereocenters. The first kappa shape index (κ1) is 32.0. The first-order chi connectivity index (χ1) is 17.7. The van der Waals surface area contributed by atoms with E-state index in [1.807, 2.05) is 39.0 Å². The lowest BCUT2D eigenvalue weighted by Crippen LogP contribution is -2.22. The van der Waals surface area contributed by atoms with E-state index in [1.165, 1.54) is 7.11 Å². The van der Waals surface area contributed by atoms with Gasteiger partial charge in [0.05, 0.1) is 24.9 Å². The normalized spacial score (nSPS) is 21.2. The third-order valence-corrected chi connectivity index (χ3v) is 8.00. The highest BCUT2D eigenvalue weighted by molar-refractivity contribution is 6.76. The van der Waals surface area contributed by atoms with Gasteiger partial charge in [0.25, 0.3) is 0 Å². The van der Waals surface area contributed by atoms with Crippen LogP contribution >= 0.6 is 0 Å². The third-order valence-electron chi connectivity index (χ3n) is 6.29. The average Bonchev–Trinajstić information content (AvgIpc) is 3.09. The molecule has 0 aromatic heterocycles. The topological polar surface area (TPSA) is 104 Å². The van der Waals surface area contributed by atoms with E-state index in [0.29, 0.717) is 30.8 Å². The van der Waals surface area contributed by atoms with Gasteiger partial charge in [-0.1, -0.05) is 50.9 Å². The molecule has 2 N–H and O–H groups in total. The van der Waals surface area contributed by atoms with Crippen LogP contribution in [0.4, 0.5) is 0 Å². The van der Waals surface area contributed by atoms with Gasteiger partial charge >= 0.3 is 5.97 Å². The Balaban J connectivity index is 2.25. The number of carboxylic acids is 1. The van der Waals surface area contributed by atoms with E-state index in [0.717, 1.165) is 6.04 Å². The maximum Gasteiger partial charge on any atom is 0.340 e. The molecule has 0 saturated carbocycles. The quantitative estimate of drug-likeness (QED) is 0.156. The molecule has 9 heteroatoms. The number of hydrogen-bond acceptors (Lipinski definition) is 7. The van der Waals surface area contributed by atoms with Crippen molar-refractivity contribution in [2.24, 2.45) is 5.92 Å². The van der Waals surface area contributed by atoms with Gasteiger partial charge in [-0.15, -0.1) is 0 Å². The molecular weight excluding hydrogens is 504 g/mol. The van der Waals surface area contributed by atoms with Crippen LogP contribution in [-0.4, -0.2) is 68.9 Å². The number of ether oxygens (including phenoxy) is 5. The molecule has 38 heavy (non-hydrogen) atoms. The Labute approximate surface area is 228 Å². The minimum atomic E-state index is -1.29. The van der Waals surface area contributed by atoms with Crippen molar-refractivity contribution in [3.05, 3.63) is 41.5 Å². The molecule has 1 aliphatic heterocycles. The maximum absolute atomic E-state index is 12.2. The van der Waals surface area contributed by atoms with E-state index in [-0.39, 0.29) is 36.2 Å². The van der Waals surface area contributed by atoms with Gasteiger partial charge in [-0.3, -0.25) is 0 Å². The number of hydrogen-bond donors (Lipinski definition) is 2. The molecule has 1 aliphatic rings. The second kappa shape index (κ2) is 14.3. The highest BCUT2D eigenvalue weighted by Gasteiger charge is 2.39. The van der Waals surface area contributed by atoms with Gasteiger partial charge in [-0.2, -0.15) is 0 Å². The Morgan fingerprint density at radius 1 is 1.11 bits per heavy atom. The summed E-state index contributed by atoms with van der Waals surface area (Å²) in [7, 11) is 0.192. The minimum absolute atomic E-state index is 0.0476. The van der Waals surface area contributed by atoms with Crippen molar-refractivity contribution in [1.82, 2.24) is 0 Å². The van der Waals surface area contributed by atoms with E-state index in [9.17, 15) is 15.0 Å². The molecule has 0 spiro atoms. The van der Waals surface area contributed by atoms with Gasteiger partial charge in [0.1, 0.15) is 17.1 Å². The van der Waals surface area contributed by atoms with Gasteiger partial charge in [-0.05, 0) is 57.2 Å². The standard InChI is InChI=1S/C29H46O8Si/c1-20(21(2)30)11-9-13-24-25(37-29(3,4)36-24)14-10-12-22-17-23(34-15-16-38(6,7)8)18-26(35-19-33-5)27(22)28(31)32/h9-12,17-18,20-21,24-25,30H,13-16,19H2,1-8H3,(H,31,32)/b11-9-,12-10+/t20-,21+,24-,25+/m1/s1. The molecule has 0 unspecified atom stereocenters. The molecule has 1 aromatic carbocycles. The van der Waals surface area contributed by atoms with Crippen LogP contribution in [0, 0.1) is 5.92 Å². The molecule has 0 aliphatic carbocycles. The largest absolute Gasteiger partial charge is 0.494 e. The molecule has 0 bridgehead atoms. The fraction of sp³-hybridized carbons (Fsp3) is 0.621. The smallest absolute Gasteiger partial charge is 0.340 e. The second-order valence-electron chi connectivity index (χ2n) is 11.5. The Kier molecular flexibility index (Phi) is 12.0. The van der Waals surface area contributed by atoms with Crippen molar-refractivity contribution in [2.75, 3.05) is 20.5 Å². The zero-order chi connectivity index (χ0) is 28.5. The van der Waals surface area contributed by atoms with Gasteiger partial charge < -0.3 is 33.9 Å². The zero-order valence-corrected chi connectivity index (χ0v) is 25.2. The summed E-state index contributed by atoms with van der Waals surface area (Å²) in [6.07, 6.45) is 8.07. The summed E-state index contributed by atoms with van der Waals surface area (Å²) in [6.45, 7) is 14.8. The van der Waals surface area contributed by atoms with E-state index >= 15 is 0 Å². The first-order valence-electron chi connectivity index (χ1n) is 13.2. The van der Waals surface area contributed by atoms with Crippen molar-refractivity contribution < 1.29 is 38.7 Å². The highest BCUT2D eigenvalue weighted by atomic mass is 28.3. The minimum Gasteiger partial charge on any atom is -0.494 e. The van der Waals surface area contributed by atoms with Gasteiger partial charge in [-0.25, -0.2) is 4.79 Å². The molecule has 1 saturated heterocycles. The van der Waals surface area contributed by atoms with Crippen molar-refractivity contribution in [1.29, 1.82) is 0 Å². The second-order valence-corrected chi connectivity index (χ2v) is 17.1. The fourth-order valence-electron chi connectivity index (χ4n) is 3.99. The van der Waals surface area contributed by atoms with E-state index < -0.39 is 25.9 Å². The Bertz CT molecular complexity index is 964. The predicted molar refractivity (Wildman–Crippen MR) is 152 cm³/mol. The number of aliphatic hydroxyl groups excluding tert-OH is 1. The lowest BCUT2D eigenvalue weighted by Gasteiger charge is -2.18. The number of carbonyl (C=O) groups is 1. The number of methoxy groups -OCH3 is 1. The van der Waals surface area contributed by atoms with Crippen LogP contribution in [0.3, 0.4) is 0 Å². The maximum atomic E-state index is 12.2. The molecular formula is C29H46O8Si. The van der Waals surface area contributed by atoms with Crippen molar-refractivity contribution in [2.45, 2.75) is 90.3 Å². The summed E-state index contributed by atoms with van der Waals surface area (Å²) in [5, 5.41) is 19.7. The fourth-order valence-corrected chi connectivity index (χ4v) is 4.71. The van der Waals surface area contributed by atoms with Gasteiger partial charge in [0, 0.05) is 21.3 Å². The van der Waals surface area contributed by atoms with Gasteiger partial charge in [0.15, 0.2) is 12.6 Å². The highest BCUT2D eigenvalue weighted by Crippen LogP contribution is 2.34. The lowest BCUT2D eigenvalue weighted by molar-refractivity contribution is -0.145. The SMILES string of the molecule is COCOc1cc(OCC[Si](C)(C)C)cc(/C=C/C[C@@H]2OC(C)(C)O[C@@H]2C/C=C\[C@@H](C)[C@H](C)O)c1C(=O)O. The molecule has 214 valence electrons. The number of aliphatic hydroxyl groups is 1. The number of aromatic carboxylic acids is 1. The molecule has 0 amide bonds. The zero-order valence-electron chi connectivity index (χ0n) is 24.2. The first-order valence-corrected chi connectivity index (χ1v) is 17.0. The molecule has 1 fully saturated rings. The van der Waals surface area contributed by atoms with Crippen LogP contribution in [0.5, 0.6) is 11.5 Å². The molecule has 0 radical (unpaired) electrons. The summed E-state index contributed by atoms with van der Waals surface area (Å²) in [5.41, 5.74) is 0.529. The van der Waals surface area contributed by atoms with Gasteiger partial charge in [0.2, 0.25) is 0 Å². The summed E-state index contributed by atoms with van der Waals surface area (Å²) in [6, 6.07) is 4.32. The van der Waals surface area contributed by atoms with Crippen LogP contribution < -0.4 is 9.47 Å².